The molecule has 0 unspecified atom stereocenters. The predicted octanol–water partition coefficient (Wildman–Crippen LogP) is 4.32. The van der Waals surface area contributed by atoms with Crippen LogP contribution in [0.5, 0.6) is 5.75 Å². The van der Waals surface area contributed by atoms with Crippen molar-refractivity contribution in [1.29, 1.82) is 0 Å². The number of carboxylic acids is 1. The van der Waals surface area contributed by atoms with Crippen molar-refractivity contribution < 1.29 is 19.6 Å². The average molecular weight is 341 g/mol. The Labute approximate surface area is 145 Å². The van der Waals surface area contributed by atoms with Gasteiger partial charge in [-0.15, -0.1) is 0 Å². The molecule has 0 amide bonds. The van der Waals surface area contributed by atoms with Gasteiger partial charge in [0.25, 0.3) is 0 Å². The third-order valence-corrected chi connectivity index (χ3v) is 3.55. The lowest BCUT2D eigenvalue weighted by Gasteiger charge is -2.07. The van der Waals surface area contributed by atoms with Gasteiger partial charge in [-0.05, 0) is 36.6 Å². The van der Waals surface area contributed by atoms with Crippen LogP contribution in [0.2, 0.25) is 0 Å². The number of hydrogen-bond acceptors (Lipinski definition) is 4. The van der Waals surface area contributed by atoms with Crippen LogP contribution in [0, 0.1) is 17.0 Å². The number of aliphatic carboxylic acids is 1. The molecule has 0 radical (unpaired) electrons. The molecule has 0 bridgehead atoms. The van der Waals surface area contributed by atoms with Gasteiger partial charge in [-0.3, -0.25) is 10.1 Å². The van der Waals surface area contributed by atoms with Gasteiger partial charge in [-0.2, -0.15) is 0 Å². The molecule has 6 heteroatoms. The van der Waals surface area contributed by atoms with Crippen LogP contribution in [0.4, 0.5) is 5.69 Å². The van der Waals surface area contributed by atoms with E-state index in [0.717, 1.165) is 12.0 Å². The summed E-state index contributed by atoms with van der Waals surface area (Å²) in [6.07, 6.45) is 2.15. The van der Waals surface area contributed by atoms with Gasteiger partial charge < -0.3 is 9.84 Å². The third-order valence-electron chi connectivity index (χ3n) is 3.55. The van der Waals surface area contributed by atoms with Crippen LogP contribution in [0.25, 0.3) is 11.6 Å². The van der Waals surface area contributed by atoms with Crippen molar-refractivity contribution in [3.05, 3.63) is 69.3 Å². The highest BCUT2D eigenvalue weighted by molar-refractivity contribution is 6.20. The van der Waals surface area contributed by atoms with Gasteiger partial charge in [-0.25, -0.2) is 4.79 Å². The molecule has 0 saturated carbocycles. The van der Waals surface area contributed by atoms with Gasteiger partial charge in [0.05, 0.1) is 17.1 Å². The molecular weight excluding hydrogens is 322 g/mol. The summed E-state index contributed by atoms with van der Waals surface area (Å²) in [4.78, 5) is 22.3. The number of benzene rings is 2. The summed E-state index contributed by atoms with van der Waals surface area (Å²) in [6.45, 7) is 4.19. The quantitative estimate of drug-likeness (QED) is 0.351. The smallest absolute Gasteiger partial charge is 0.336 e. The molecule has 2 aromatic rings. The average Bonchev–Trinajstić information content (AvgIpc) is 2.59. The number of ether oxygens (including phenoxy) is 1. The van der Waals surface area contributed by atoms with Crippen LogP contribution in [-0.4, -0.2) is 22.6 Å². The summed E-state index contributed by atoms with van der Waals surface area (Å²) in [5.41, 5.74) is 1.86. The second-order valence-electron chi connectivity index (χ2n) is 5.56. The second kappa shape index (κ2) is 8.10. The van der Waals surface area contributed by atoms with Crippen molar-refractivity contribution in [3.8, 4) is 5.75 Å². The fraction of sp³-hybridized carbons (Fsp3) is 0.211. The number of hydrogen-bond donors (Lipinski definition) is 1. The topological polar surface area (TPSA) is 89.7 Å². The van der Waals surface area contributed by atoms with Crippen molar-refractivity contribution in [2.45, 2.75) is 20.3 Å². The van der Waals surface area contributed by atoms with Gasteiger partial charge >= 0.3 is 11.7 Å². The first kappa shape index (κ1) is 18.2. The predicted molar refractivity (Wildman–Crippen MR) is 95.6 cm³/mol. The molecular formula is C19H19NO5. The molecule has 2 aromatic carbocycles. The van der Waals surface area contributed by atoms with Crippen LogP contribution in [0.15, 0.2) is 42.5 Å². The van der Waals surface area contributed by atoms with E-state index in [9.17, 15) is 20.0 Å². The van der Waals surface area contributed by atoms with E-state index in [1.807, 2.05) is 26.0 Å². The van der Waals surface area contributed by atoms with E-state index in [-0.39, 0.29) is 17.0 Å². The van der Waals surface area contributed by atoms with E-state index >= 15 is 0 Å². The zero-order chi connectivity index (χ0) is 18.4. The molecule has 130 valence electrons. The Hall–Kier alpha value is -3.15. The van der Waals surface area contributed by atoms with E-state index < -0.39 is 10.9 Å². The van der Waals surface area contributed by atoms with Gasteiger partial charge in [0.2, 0.25) is 0 Å². The minimum atomic E-state index is -1.10. The Balaban J connectivity index is 2.45. The Kier molecular flexibility index (Phi) is 5.89. The number of carbonyl (C=O) groups is 1. The van der Waals surface area contributed by atoms with E-state index in [0.29, 0.717) is 17.7 Å². The van der Waals surface area contributed by atoms with Crippen molar-refractivity contribution >= 4 is 23.3 Å². The van der Waals surface area contributed by atoms with Crippen molar-refractivity contribution in [3.63, 3.8) is 0 Å². The van der Waals surface area contributed by atoms with E-state index in [4.69, 9.17) is 4.74 Å². The number of aryl methyl sites for hydroxylation is 1. The van der Waals surface area contributed by atoms with E-state index in [1.54, 1.807) is 18.2 Å². The molecule has 6 nitrogen and oxygen atoms in total. The molecule has 1 N–H and O–H groups in total. The van der Waals surface area contributed by atoms with E-state index in [1.165, 1.54) is 18.2 Å². The normalized spacial score (nSPS) is 11.2. The molecule has 0 fully saturated rings. The maximum absolute atomic E-state index is 11.6. The van der Waals surface area contributed by atoms with Crippen LogP contribution in [-0.2, 0) is 4.79 Å². The van der Waals surface area contributed by atoms with Crippen molar-refractivity contribution in [2.75, 3.05) is 6.61 Å². The summed E-state index contributed by atoms with van der Waals surface area (Å²) >= 11 is 0. The molecule has 0 atom stereocenters. The summed E-state index contributed by atoms with van der Waals surface area (Å²) < 4.78 is 5.37. The SMILES string of the molecule is CCCOc1ccc(/C=C(\C(=O)O)c2ccc(C)cc2)cc1[N+](=O)[O-]. The Bertz CT molecular complexity index is 809. The number of nitro benzene ring substituents is 1. The maximum Gasteiger partial charge on any atom is 0.336 e. The Morgan fingerprint density at radius 2 is 1.92 bits per heavy atom. The van der Waals surface area contributed by atoms with Crippen LogP contribution < -0.4 is 4.74 Å². The summed E-state index contributed by atoms with van der Waals surface area (Å²) in [5, 5.41) is 20.7. The minimum Gasteiger partial charge on any atom is -0.487 e. The molecule has 0 aliphatic rings. The molecule has 0 spiro atoms. The van der Waals surface area contributed by atoms with Gasteiger partial charge in [-0.1, -0.05) is 42.8 Å². The first-order chi connectivity index (χ1) is 11.9. The zero-order valence-corrected chi connectivity index (χ0v) is 14.1. The molecule has 25 heavy (non-hydrogen) atoms. The largest absolute Gasteiger partial charge is 0.487 e. The first-order valence-corrected chi connectivity index (χ1v) is 7.85. The lowest BCUT2D eigenvalue weighted by molar-refractivity contribution is -0.385. The number of nitrogens with zero attached hydrogens (tertiary/aromatic N) is 1. The Morgan fingerprint density at radius 1 is 1.24 bits per heavy atom. The fourth-order valence-corrected chi connectivity index (χ4v) is 2.27. The summed E-state index contributed by atoms with van der Waals surface area (Å²) in [5.74, 6) is -0.922. The number of nitro groups is 1. The van der Waals surface area contributed by atoms with Gasteiger partial charge in [0.15, 0.2) is 5.75 Å². The van der Waals surface area contributed by atoms with Crippen molar-refractivity contribution in [1.82, 2.24) is 0 Å². The van der Waals surface area contributed by atoms with Crippen LogP contribution in [0.1, 0.15) is 30.0 Å². The zero-order valence-electron chi connectivity index (χ0n) is 14.1. The molecule has 2 rings (SSSR count). The maximum atomic E-state index is 11.6. The monoisotopic (exact) mass is 341 g/mol. The van der Waals surface area contributed by atoms with Gasteiger partial charge in [0, 0.05) is 6.07 Å². The summed E-state index contributed by atoms with van der Waals surface area (Å²) in [7, 11) is 0. The lowest BCUT2D eigenvalue weighted by Crippen LogP contribution is -2.01. The number of rotatable bonds is 7. The molecule has 0 heterocycles. The highest BCUT2D eigenvalue weighted by Gasteiger charge is 2.17. The number of carboxylic acid groups (broad SMARTS) is 1. The molecule has 0 saturated heterocycles. The molecule has 0 aromatic heterocycles. The lowest BCUT2D eigenvalue weighted by atomic mass is 10.0. The van der Waals surface area contributed by atoms with Crippen LogP contribution >= 0.6 is 0 Å². The standard InChI is InChI=1S/C19H19NO5/c1-3-10-25-18-9-6-14(12-17(18)20(23)24)11-16(19(21)22)15-7-4-13(2)5-8-15/h4-9,11-12H,3,10H2,1-2H3,(H,21,22)/b16-11-. The summed E-state index contributed by atoms with van der Waals surface area (Å²) in [6, 6.07) is 11.5. The highest BCUT2D eigenvalue weighted by atomic mass is 16.6. The highest BCUT2D eigenvalue weighted by Crippen LogP contribution is 2.30. The molecule has 0 aliphatic heterocycles. The Morgan fingerprint density at radius 3 is 2.48 bits per heavy atom. The first-order valence-electron chi connectivity index (χ1n) is 7.85. The van der Waals surface area contributed by atoms with Crippen molar-refractivity contribution in [2.24, 2.45) is 0 Å². The molecule has 0 aliphatic carbocycles. The second-order valence-corrected chi connectivity index (χ2v) is 5.56. The van der Waals surface area contributed by atoms with Gasteiger partial charge in [0.1, 0.15) is 0 Å². The fourth-order valence-electron chi connectivity index (χ4n) is 2.27. The minimum absolute atomic E-state index is 0.0662. The van der Waals surface area contributed by atoms with E-state index in [2.05, 4.69) is 0 Å². The van der Waals surface area contributed by atoms with Crippen LogP contribution in [0.3, 0.4) is 0 Å². The third kappa shape index (κ3) is 4.67.